The van der Waals surface area contributed by atoms with Gasteiger partial charge >= 0.3 is 0 Å². The molecule has 0 radical (unpaired) electrons. The van der Waals surface area contributed by atoms with E-state index in [1.165, 1.54) is 17.8 Å². The average molecular weight is 295 g/mol. The molecule has 0 heterocycles. The third kappa shape index (κ3) is 3.49. The van der Waals surface area contributed by atoms with E-state index in [1.54, 1.807) is 18.4 Å². The number of thioether (sulfide) groups is 1. The van der Waals surface area contributed by atoms with Crippen LogP contribution >= 0.6 is 11.8 Å². The molecule has 2 rings (SSSR count). The zero-order valence-electron chi connectivity index (χ0n) is 11.2. The lowest BCUT2D eigenvalue weighted by molar-refractivity contribution is -0.387. The first-order valence-corrected chi connectivity index (χ1v) is 7.61. The van der Waals surface area contributed by atoms with Gasteiger partial charge in [0.15, 0.2) is 0 Å². The van der Waals surface area contributed by atoms with Gasteiger partial charge in [-0.15, -0.1) is 11.8 Å². The van der Waals surface area contributed by atoms with Crippen molar-refractivity contribution in [1.29, 1.82) is 0 Å². The number of nitrogens with zero attached hydrogens (tertiary/aromatic N) is 1. The summed E-state index contributed by atoms with van der Waals surface area (Å²) in [6.07, 6.45) is 3.99. The molecule has 1 aliphatic rings. The highest BCUT2D eigenvalue weighted by molar-refractivity contribution is 7.98. The van der Waals surface area contributed by atoms with E-state index in [2.05, 4.69) is 5.32 Å². The number of hydrogen-bond acceptors (Lipinski definition) is 5. The molecule has 1 aromatic rings. The quantitative estimate of drug-likeness (QED) is 0.473. The maximum atomic E-state index is 12.0. The summed E-state index contributed by atoms with van der Waals surface area (Å²) in [7, 11) is 0. The monoisotopic (exact) mass is 295 g/mol. The first-order valence-electron chi connectivity index (χ1n) is 6.39. The minimum Gasteiger partial charge on any atom is -0.350 e. The minimum atomic E-state index is -0.474. The van der Waals surface area contributed by atoms with Gasteiger partial charge in [-0.2, -0.15) is 0 Å². The summed E-state index contributed by atoms with van der Waals surface area (Å²) in [6.45, 7) is 0.404. The van der Waals surface area contributed by atoms with Crippen LogP contribution in [0, 0.1) is 16.0 Å². The molecule has 1 aliphatic carbocycles. The van der Waals surface area contributed by atoms with E-state index in [9.17, 15) is 14.9 Å². The Bertz CT molecular complexity index is 532. The Morgan fingerprint density at radius 3 is 2.85 bits per heavy atom. The second-order valence-electron chi connectivity index (χ2n) is 4.86. The fraction of sp³-hybridized carbons (Fsp3) is 0.462. The Labute approximate surface area is 121 Å². The van der Waals surface area contributed by atoms with Crippen molar-refractivity contribution < 1.29 is 9.72 Å². The van der Waals surface area contributed by atoms with Crippen molar-refractivity contribution in [2.24, 2.45) is 11.7 Å². The van der Waals surface area contributed by atoms with E-state index in [0.29, 0.717) is 17.4 Å². The maximum absolute atomic E-state index is 12.0. The molecule has 3 N–H and O–H groups in total. The molecular weight excluding hydrogens is 278 g/mol. The molecule has 1 fully saturated rings. The number of carbonyl (C=O) groups is 1. The van der Waals surface area contributed by atoms with Crippen LogP contribution in [0.5, 0.6) is 0 Å². The zero-order valence-corrected chi connectivity index (χ0v) is 12.0. The molecule has 1 amide bonds. The van der Waals surface area contributed by atoms with E-state index in [4.69, 9.17) is 5.73 Å². The van der Waals surface area contributed by atoms with Gasteiger partial charge in [0.25, 0.3) is 11.6 Å². The molecule has 20 heavy (non-hydrogen) atoms. The minimum absolute atomic E-state index is 0.0283. The van der Waals surface area contributed by atoms with E-state index in [-0.39, 0.29) is 23.2 Å². The number of benzene rings is 1. The largest absolute Gasteiger partial charge is 0.350 e. The van der Waals surface area contributed by atoms with E-state index < -0.39 is 4.92 Å². The first kappa shape index (κ1) is 14.8. The van der Waals surface area contributed by atoms with Crippen molar-refractivity contribution in [2.75, 3.05) is 12.8 Å². The zero-order chi connectivity index (χ0) is 14.7. The average Bonchev–Trinajstić information content (AvgIpc) is 3.28. The van der Waals surface area contributed by atoms with E-state index in [0.717, 1.165) is 12.8 Å². The van der Waals surface area contributed by atoms with Crippen LogP contribution in [0.4, 0.5) is 5.69 Å². The number of nitrogens with one attached hydrogen (secondary N) is 1. The summed E-state index contributed by atoms with van der Waals surface area (Å²) in [5, 5.41) is 13.7. The van der Waals surface area contributed by atoms with Gasteiger partial charge in [0, 0.05) is 24.2 Å². The van der Waals surface area contributed by atoms with Gasteiger partial charge in [0.1, 0.15) is 0 Å². The van der Waals surface area contributed by atoms with Crippen molar-refractivity contribution in [3.8, 4) is 0 Å². The Balaban J connectivity index is 2.05. The molecule has 1 atom stereocenters. The fourth-order valence-electron chi connectivity index (χ4n) is 1.98. The molecule has 6 nitrogen and oxygen atoms in total. The molecule has 0 aliphatic heterocycles. The molecule has 0 saturated heterocycles. The van der Waals surface area contributed by atoms with Crippen molar-refractivity contribution in [2.45, 2.75) is 23.8 Å². The van der Waals surface area contributed by atoms with Gasteiger partial charge in [-0.1, -0.05) is 0 Å². The van der Waals surface area contributed by atoms with Gasteiger partial charge in [0.05, 0.1) is 9.82 Å². The van der Waals surface area contributed by atoms with Gasteiger partial charge < -0.3 is 11.1 Å². The molecule has 1 aromatic carbocycles. The number of nitro benzene ring substituents is 1. The lowest BCUT2D eigenvalue weighted by atomic mass is 10.1. The highest BCUT2D eigenvalue weighted by atomic mass is 32.2. The van der Waals surface area contributed by atoms with E-state index >= 15 is 0 Å². The highest BCUT2D eigenvalue weighted by Crippen LogP contribution is 2.31. The number of hydrogen-bond donors (Lipinski definition) is 2. The predicted octanol–water partition coefficient (Wildman–Crippen LogP) is 1.78. The van der Waals surface area contributed by atoms with Crippen LogP contribution in [0.25, 0.3) is 0 Å². The summed E-state index contributed by atoms with van der Waals surface area (Å²) >= 11 is 1.28. The summed E-state index contributed by atoms with van der Waals surface area (Å²) in [6, 6.07) is 4.47. The van der Waals surface area contributed by atoms with Gasteiger partial charge in [-0.25, -0.2) is 0 Å². The van der Waals surface area contributed by atoms with Gasteiger partial charge in [-0.05, 0) is 37.1 Å². The van der Waals surface area contributed by atoms with Crippen LogP contribution in [0.2, 0.25) is 0 Å². The molecule has 0 aromatic heterocycles. The highest BCUT2D eigenvalue weighted by Gasteiger charge is 2.28. The lowest BCUT2D eigenvalue weighted by Crippen LogP contribution is -2.38. The van der Waals surface area contributed by atoms with Crippen LogP contribution in [0.15, 0.2) is 23.1 Å². The van der Waals surface area contributed by atoms with Crippen LogP contribution in [0.1, 0.15) is 23.2 Å². The summed E-state index contributed by atoms with van der Waals surface area (Å²) in [5.74, 6) is 0.181. The maximum Gasteiger partial charge on any atom is 0.283 e. The number of nitrogens with two attached hydrogens (primary N) is 1. The second kappa shape index (κ2) is 6.23. The topological polar surface area (TPSA) is 98.3 Å². The van der Waals surface area contributed by atoms with Crippen molar-refractivity contribution in [3.63, 3.8) is 0 Å². The smallest absolute Gasteiger partial charge is 0.283 e. The van der Waals surface area contributed by atoms with Crippen LogP contribution in [-0.2, 0) is 0 Å². The number of amides is 1. The van der Waals surface area contributed by atoms with Crippen molar-refractivity contribution in [3.05, 3.63) is 33.9 Å². The third-order valence-electron chi connectivity index (χ3n) is 3.36. The molecule has 7 heteroatoms. The second-order valence-corrected chi connectivity index (χ2v) is 5.70. The van der Waals surface area contributed by atoms with Crippen molar-refractivity contribution in [1.82, 2.24) is 5.32 Å². The Kier molecular flexibility index (Phi) is 4.61. The molecule has 0 bridgehead atoms. The normalized spacial score (nSPS) is 15.7. The molecule has 1 saturated carbocycles. The number of carbonyl (C=O) groups excluding carboxylic acids is 1. The molecule has 0 spiro atoms. The molecule has 108 valence electrons. The van der Waals surface area contributed by atoms with Gasteiger partial charge in [0.2, 0.25) is 0 Å². The molecule has 1 unspecified atom stereocenters. The standard InChI is InChI=1S/C13H17N3O3S/c1-20-12-5-4-9(6-11(12)16(18)19)13(17)15-7-10(14)8-2-3-8/h4-6,8,10H,2-3,7,14H2,1H3,(H,15,17). The van der Waals surface area contributed by atoms with Crippen LogP contribution in [-0.4, -0.2) is 29.7 Å². The number of nitro groups is 1. The molecular formula is C13H17N3O3S. The number of rotatable bonds is 6. The summed E-state index contributed by atoms with van der Waals surface area (Å²) in [5.41, 5.74) is 6.15. The Morgan fingerprint density at radius 1 is 1.60 bits per heavy atom. The summed E-state index contributed by atoms with van der Waals surface area (Å²) < 4.78 is 0. The first-order chi connectivity index (χ1) is 9.52. The Morgan fingerprint density at radius 2 is 2.30 bits per heavy atom. The lowest BCUT2D eigenvalue weighted by Gasteiger charge is -2.11. The van der Waals surface area contributed by atoms with Crippen LogP contribution < -0.4 is 11.1 Å². The van der Waals surface area contributed by atoms with Crippen molar-refractivity contribution >= 4 is 23.4 Å². The Hall–Kier alpha value is -1.60. The van der Waals surface area contributed by atoms with Crippen LogP contribution in [0.3, 0.4) is 0 Å². The fourth-order valence-corrected chi connectivity index (χ4v) is 2.52. The third-order valence-corrected chi connectivity index (χ3v) is 4.15. The van der Waals surface area contributed by atoms with E-state index in [1.807, 2.05) is 0 Å². The SMILES string of the molecule is CSc1ccc(C(=O)NCC(N)C2CC2)cc1[N+](=O)[O-]. The van der Waals surface area contributed by atoms with Gasteiger partial charge in [-0.3, -0.25) is 14.9 Å². The predicted molar refractivity (Wildman–Crippen MR) is 77.9 cm³/mol. The summed E-state index contributed by atoms with van der Waals surface area (Å²) in [4.78, 5) is 23.0.